The predicted octanol–water partition coefficient (Wildman–Crippen LogP) is 1.31. The minimum atomic E-state index is 0.783. The summed E-state index contributed by atoms with van der Waals surface area (Å²) in [5.41, 5.74) is 2.06. The van der Waals surface area contributed by atoms with E-state index in [2.05, 4.69) is 27.3 Å². The molecular weight excluding hydrogens is 202 g/mol. The molecule has 2 heterocycles. The molecule has 0 aliphatic rings. The van der Waals surface area contributed by atoms with Gasteiger partial charge in [0.05, 0.1) is 24.1 Å². The number of hydrogen-bond donors (Lipinski definition) is 2. The quantitative estimate of drug-likeness (QED) is 0.745. The van der Waals surface area contributed by atoms with Gasteiger partial charge in [-0.3, -0.25) is 4.68 Å². The van der Waals surface area contributed by atoms with Crippen molar-refractivity contribution in [1.82, 2.24) is 25.1 Å². The van der Waals surface area contributed by atoms with Crippen LogP contribution in [0.1, 0.15) is 19.2 Å². The summed E-state index contributed by atoms with van der Waals surface area (Å²) in [4.78, 5) is 7.61. The van der Waals surface area contributed by atoms with Gasteiger partial charge >= 0.3 is 0 Å². The maximum Gasteiger partial charge on any atom is 0.120 e. The lowest BCUT2D eigenvalue weighted by atomic mass is 10.3. The number of H-pyrrole nitrogens is 1. The van der Waals surface area contributed by atoms with Gasteiger partial charge < -0.3 is 10.3 Å². The first-order chi connectivity index (χ1) is 7.81. The van der Waals surface area contributed by atoms with Crippen LogP contribution in [0.2, 0.25) is 0 Å². The van der Waals surface area contributed by atoms with E-state index in [4.69, 9.17) is 0 Å². The molecule has 0 atom stereocenters. The summed E-state index contributed by atoms with van der Waals surface area (Å²) >= 11 is 0. The highest BCUT2D eigenvalue weighted by Crippen LogP contribution is 2.14. The molecule has 0 radical (unpaired) electrons. The summed E-state index contributed by atoms with van der Waals surface area (Å²) in [6, 6.07) is 1.97. The fraction of sp³-hybridized carbons (Fsp3) is 0.455. The number of hydrogen-bond acceptors (Lipinski definition) is 3. The van der Waals surface area contributed by atoms with Crippen LogP contribution in [0.15, 0.2) is 18.5 Å². The third kappa shape index (κ3) is 2.30. The number of aryl methyl sites for hydroxylation is 1. The Bertz CT molecular complexity index is 443. The van der Waals surface area contributed by atoms with E-state index in [1.165, 1.54) is 0 Å². The molecule has 0 aromatic carbocycles. The summed E-state index contributed by atoms with van der Waals surface area (Å²) in [6.45, 7) is 3.95. The highest BCUT2D eigenvalue weighted by Gasteiger charge is 2.05. The van der Waals surface area contributed by atoms with Crippen LogP contribution in [-0.2, 0) is 13.6 Å². The average Bonchev–Trinajstić information content (AvgIpc) is 2.87. The predicted molar refractivity (Wildman–Crippen MR) is 62.8 cm³/mol. The standard InChI is InChI=1S/C11H17N5/c1-3-5-12-8-11-13-7-9(15-11)10-4-6-14-16(10)2/h4,6-7,12H,3,5,8H2,1-2H3,(H,13,15). The van der Waals surface area contributed by atoms with Crippen LogP contribution in [0.3, 0.4) is 0 Å². The highest BCUT2D eigenvalue weighted by atomic mass is 15.3. The second kappa shape index (κ2) is 4.94. The van der Waals surface area contributed by atoms with Crippen LogP contribution in [-0.4, -0.2) is 26.3 Å². The minimum Gasteiger partial charge on any atom is -0.340 e. The number of aromatic amines is 1. The van der Waals surface area contributed by atoms with E-state index >= 15 is 0 Å². The van der Waals surface area contributed by atoms with Gasteiger partial charge in [0.1, 0.15) is 5.82 Å². The van der Waals surface area contributed by atoms with Gasteiger partial charge in [0, 0.05) is 13.2 Å². The van der Waals surface area contributed by atoms with Crippen molar-refractivity contribution in [2.24, 2.45) is 7.05 Å². The zero-order valence-electron chi connectivity index (χ0n) is 9.70. The fourth-order valence-electron chi connectivity index (χ4n) is 1.60. The topological polar surface area (TPSA) is 58.5 Å². The maximum atomic E-state index is 4.33. The zero-order valence-corrected chi connectivity index (χ0v) is 9.70. The number of nitrogens with one attached hydrogen (secondary N) is 2. The molecule has 86 valence electrons. The molecule has 0 unspecified atom stereocenters. The molecule has 0 aliphatic heterocycles. The average molecular weight is 219 g/mol. The molecule has 2 rings (SSSR count). The van der Waals surface area contributed by atoms with Crippen molar-refractivity contribution in [2.45, 2.75) is 19.9 Å². The van der Waals surface area contributed by atoms with Gasteiger partial charge in [-0.05, 0) is 19.0 Å². The molecule has 16 heavy (non-hydrogen) atoms. The Morgan fingerprint density at radius 1 is 1.50 bits per heavy atom. The van der Waals surface area contributed by atoms with Crippen LogP contribution < -0.4 is 5.32 Å². The number of imidazole rings is 1. The fourth-order valence-corrected chi connectivity index (χ4v) is 1.60. The summed E-state index contributed by atoms with van der Waals surface area (Å²) in [5, 5.41) is 7.44. The van der Waals surface area contributed by atoms with E-state index < -0.39 is 0 Å². The Hall–Kier alpha value is -1.62. The summed E-state index contributed by atoms with van der Waals surface area (Å²) in [7, 11) is 1.92. The van der Waals surface area contributed by atoms with Crippen molar-refractivity contribution >= 4 is 0 Å². The summed E-state index contributed by atoms with van der Waals surface area (Å²) < 4.78 is 1.83. The Labute approximate surface area is 94.9 Å². The van der Waals surface area contributed by atoms with Crippen molar-refractivity contribution in [3.63, 3.8) is 0 Å². The molecule has 5 nitrogen and oxygen atoms in total. The molecule has 2 aromatic heterocycles. The molecule has 0 saturated heterocycles. The molecule has 0 fully saturated rings. The first kappa shape index (κ1) is 10.9. The smallest absolute Gasteiger partial charge is 0.120 e. The van der Waals surface area contributed by atoms with E-state index in [-0.39, 0.29) is 0 Å². The molecule has 0 aliphatic carbocycles. The third-order valence-electron chi connectivity index (χ3n) is 2.44. The lowest BCUT2D eigenvalue weighted by Gasteiger charge is -1.99. The first-order valence-corrected chi connectivity index (χ1v) is 5.54. The molecule has 2 N–H and O–H groups in total. The Morgan fingerprint density at radius 3 is 3.06 bits per heavy atom. The van der Waals surface area contributed by atoms with Crippen LogP contribution in [0.5, 0.6) is 0 Å². The van der Waals surface area contributed by atoms with E-state index in [1.807, 2.05) is 24.0 Å². The van der Waals surface area contributed by atoms with Gasteiger partial charge in [-0.15, -0.1) is 0 Å². The number of aromatic nitrogens is 4. The van der Waals surface area contributed by atoms with Crippen LogP contribution in [0.25, 0.3) is 11.4 Å². The first-order valence-electron chi connectivity index (χ1n) is 5.54. The van der Waals surface area contributed by atoms with Gasteiger partial charge in [0.15, 0.2) is 0 Å². The zero-order chi connectivity index (χ0) is 11.4. The van der Waals surface area contributed by atoms with Crippen LogP contribution in [0, 0.1) is 0 Å². The SMILES string of the molecule is CCCNCc1ncc(-c2ccnn2C)[nH]1. The van der Waals surface area contributed by atoms with Crippen LogP contribution >= 0.6 is 0 Å². The Morgan fingerprint density at radius 2 is 2.38 bits per heavy atom. The van der Waals surface area contributed by atoms with Crippen molar-refractivity contribution in [3.05, 3.63) is 24.3 Å². The molecule has 0 saturated carbocycles. The van der Waals surface area contributed by atoms with E-state index in [0.29, 0.717) is 0 Å². The minimum absolute atomic E-state index is 0.783. The van der Waals surface area contributed by atoms with Crippen molar-refractivity contribution < 1.29 is 0 Å². The summed E-state index contributed by atoms with van der Waals surface area (Å²) in [6.07, 6.45) is 4.76. The van der Waals surface area contributed by atoms with Crippen molar-refractivity contribution in [3.8, 4) is 11.4 Å². The monoisotopic (exact) mass is 219 g/mol. The van der Waals surface area contributed by atoms with Crippen LogP contribution in [0.4, 0.5) is 0 Å². The summed E-state index contributed by atoms with van der Waals surface area (Å²) in [5.74, 6) is 0.963. The molecular formula is C11H17N5. The third-order valence-corrected chi connectivity index (χ3v) is 2.44. The van der Waals surface area contributed by atoms with E-state index in [0.717, 1.165) is 36.7 Å². The Kier molecular flexibility index (Phi) is 3.36. The molecule has 0 spiro atoms. The van der Waals surface area contributed by atoms with Gasteiger partial charge in [-0.2, -0.15) is 5.10 Å². The lowest BCUT2D eigenvalue weighted by molar-refractivity contribution is 0.655. The molecule has 0 bridgehead atoms. The van der Waals surface area contributed by atoms with Crippen molar-refractivity contribution in [2.75, 3.05) is 6.54 Å². The van der Waals surface area contributed by atoms with Gasteiger partial charge in [0.2, 0.25) is 0 Å². The van der Waals surface area contributed by atoms with E-state index in [1.54, 1.807) is 6.20 Å². The maximum absolute atomic E-state index is 4.33. The normalized spacial score (nSPS) is 10.9. The Balaban J connectivity index is 2.05. The van der Waals surface area contributed by atoms with Gasteiger partial charge in [-0.25, -0.2) is 4.98 Å². The molecule has 5 heteroatoms. The van der Waals surface area contributed by atoms with Gasteiger partial charge in [-0.1, -0.05) is 6.92 Å². The second-order valence-electron chi connectivity index (χ2n) is 3.76. The van der Waals surface area contributed by atoms with E-state index in [9.17, 15) is 0 Å². The largest absolute Gasteiger partial charge is 0.340 e. The van der Waals surface area contributed by atoms with Crippen molar-refractivity contribution in [1.29, 1.82) is 0 Å². The van der Waals surface area contributed by atoms with Gasteiger partial charge in [0.25, 0.3) is 0 Å². The highest BCUT2D eigenvalue weighted by molar-refractivity contribution is 5.52. The molecule has 2 aromatic rings. The number of nitrogens with zero attached hydrogens (tertiary/aromatic N) is 3. The number of rotatable bonds is 5. The second-order valence-corrected chi connectivity index (χ2v) is 3.76. The molecule has 0 amide bonds. The lowest BCUT2D eigenvalue weighted by Crippen LogP contribution is -2.14.